The van der Waals surface area contributed by atoms with Crippen LogP contribution in [-0.4, -0.2) is 29.7 Å². The Morgan fingerprint density at radius 1 is 1.06 bits per heavy atom. The molecule has 1 aliphatic carbocycles. The zero-order valence-electron chi connectivity index (χ0n) is 23.2. The normalized spacial score (nSPS) is 21.1. The van der Waals surface area contributed by atoms with Gasteiger partial charge in [-0.2, -0.15) is 0 Å². The average Bonchev–Trinajstić information content (AvgIpc) is 3.17. The fourth-order valence-electron chi connectivity index (χ4n) is 6.08. The van der Waals surface area contributed by atoms with Gasteiger partial charge in [0.25, 0.3) is 5.82 Å². The highest BCUT2D eigenvalue weighted by atomic mass is 16.5. The number of imidazole rings is 1. The van der Waals surface area contributed by atoms with Gasteiger partial charge in [-0.25, -0.2) is 13.9 Å². The number of carbonyl (C=O) groups excluding carboxylic acids is 1. The van der Waals surface area contributed by atoms with E-state index in [0.717, 1.165) is 48.4 Å². The summed E-state index contributed by atoms with van der Waals surface area (Å²) in [6, 6.07) is 16.6. The second-order valence-corrected chi connectivity index (χ2v) is 10.9. The molecule has 0 spiro atoms. The molecule has 5 nitrogen and oxygen atoms in total. The van der Waals surface area contributed by atoms with Crippen molar-refractivity contribution in [3.63, 3.8) is 0 Å². The maximum Gasteiger partial charge on any atom is 0.351 e. The number of rotatable bonds is 8. The van der Waals surface area contributed by atoms with Gasteiger partial charge in [0.1, 0.15) is 6.10 Å². The SMILES string of the molecule is CCN(CC)c1ccc(-c2n([C@H](C)C(=O)OC3C[C@H](C)CC[C@H]3C(C)C)c3ccccc3[n+]2C)cc1. The van der Waals surface area contributed by atoms with Crippen LogP contribution < -0.4 is 9.47 Å². The van der Waals surface area contributed by atoms with Gasteiger partial charge in [0.2, 0.25) is 0 Å². The molecule has 5 heteroatoms. The van der Waals surface area contributed by atoms with E-state index in [0.29, 0.717) is 17.8 Å². The van der Waals surface area contributed by atoms with E-state index in [1.807, 2.05) is 13.0 Å². The highest BCUT2D eigenvalue weighted by Crippen LogP contribution is 2.36. The first-order valence-corrected chi connectivity index (χ1v) is 13.8. The molecule has 0 radical (unpaired) electrons. The fraction of sp³-hybridized carbons (Fsp3) is 0.548. The van der Waals surface area contributed by atoms with Crippen LogP contribution >= 0.6 is 0 Å². The summed E-state index contributed by atoms with van der Waals surface area (Å²) in [5.74, 6) is 2.42. The lowest BCUT2D eigenvalue weighted by molar-refractivity contribution is -0.634. The van der Waals surface area contributed by atoms with Crippen LogP contribution in [-0.2, 0) is 16.6 Å². The number of benzene rings is 2. The minimum Gasteiger partial charge on any atom is -0.459 e. The van der Waals surface area contributed by atoms with Crippen molar-refractivity contribution in [3.05, 3.63) is 48.5 Å². The molecule has 0 N–H and O–H groups in total. The van der Waals surface area contributed by atoms with Gasteiger partial charge >= 0.3 is 5.97 Å². The molecule has 4 rings (SSSR count). The molecule has 1 aromatic heterocycles. The van der Waals surface area contributed by atoms with Gasteiger partial charge in [-0.1, -0.05) is 39.3 Å². The number of esters is 1. The largest absolute Gasteiger partial charge is 0.459 e. The molecule has 0 aliphatic heterocycles. The van der Waals surface area contributed by atoms with Gasteiger partial charge < -0.3 is 9.64 Å². The molecule has 36 heavy (non-hydrogen) atoms. The van der Waals surface area contributed by atoms with Crippen LogP contribution in [0.1, 0.15) is 66.8 Å². The molecule has 1 heterocycles. The quantitative estimate of drug-likeness (QED) is 0.266. The van der Waals surface area contributed by atoms with Gasteiger partial charge in [-0.3, -0.25) is 0 Å². The minimum atomic E-state index is -0.432. The Kier molecular flexibility index (Phi) is 8.07. The Labute approximate surface area is 217 Å². The molecule has 1 saturated carbocycles. The molecule has 0 bridgehead atoms. The third kappa shape index (κ3) is 5.02. The Morgan fingerprint density at radius 3 is 2.36 bits per heavy atom. The van der Waals surface area contributed by atoms with E-state index in [-0.39, 0.29) is 12.1 Å². The van der Waals surface area contributed by atoms with Gasteiger partial charge in [-0.15, -0.1) is 0 Å². The molecule has 1 unspecified atom stereocenters. The third-order valence-electron chi connectivity index (χ3n) is 8.26. The monoisotopic (exact) mass is 490 g/mol. The molecule has 0 amide bonds. The Morgan fingerprint density at radius 2 is 1.72 bits per heavy atom. The zero-order valence-corrected chi connectivity index (χ0v) is 23.2. The summed E-state index contributed by atoms with van der Waals surface area (Å²) in [4.78, 5) is 16.0. The lowest BCUT2D eigenvalue weighted by Crippen LogP contribution is -2.38. The molecule has 4 atom stereocenters. The summed E-state index contributed by atoms with van der Waals surface area (Å²) in [5.41, 5.74) is 4.46. The van der Waals surface area contributed by atoms with E-state index in [9.17, 15) is 4.79 Å². The van der Waals surface area contributed by atoms with Crippen molar-refractivity contribution in [1.29, 1.82) is 0 Å². The Balaban J connectivity index is 1.71. The van der Waals surface area contributed by atoms with Crippen molar-refractivity contribution < 1.29 is 14.1 Å². The van der Waals surface area contributed by atoms with Crippen molar-refractivity contribution in [3.8, 4) is 11.4 Å². The molecule has 0 saturated heterocycles. The van der Waals surface area contributed by atoms with Crippen molar-refractivity contribution >= 4 is 22.7 Å². The fourth-order valence-corrected chi connectivity index (χ4v) is 6.08. The van der Waals surface area contributed by atoms with E-state index in [4.69, 9.17) is 4.74 Å². The Bertz CT molecular complexity index is 1180. The summed E-state index contributed by atoms with van der Waals surface area (Å²) in [6.07, 6.45) is 3.31. The number of para-hydroxylation sites is 2. The standard InChI is InChI=1S/C31H44N3O2/c1-8-33(9-2)25-17-15-24(16-18-25)30-32(7)27-12-10-11-13-28(27)34(30)23(6)31(35)36-29-20-22(5)14-19-26(29)21(3)4/h10-13,15-18,21-23,26,29H,8-9,14,19-20H2,1-7H3/q+1/t22-,23-,26+,29?/m1/s1. The number of aromatic nitrogens is 2. The van der Waals surface area contributed by atoms with E-state index in [2.05, 4.69) is 98.2 Å². The van der Waals surface area contributed by atoms with E-state index >= 15 is 0 Å². The predicted octanol–water partition coefficient (Wildman–Crippen LogP) is 6.54. The third-order valence-corrected chi connectivity index (χ3v) is 8.26. The van der Waals surface area contributed by atoms with Crippen LogP contribution in [0, 0.1) is 17.8 Å². The number of ether oxygens (including phenoxy) is 1. The maximum atomic E-state index is 13.7. The summed E-state index contributed by atoms with van der Waals surface area (Å²) in [5, 5.41) is 0. The van der Waals surface area contributed by atoms with Gasteiger partial charge in [0, 0.05) is 18.8 Å². The minimum absolute atomic E-state index is 0.00363. The van der Waals surface area contributed by atoms with E-state index in [1.54, 1.807) is 0 Å². The molecule has 2 aromatic carbocycles. The molecule has 1 aliphatic rings. The number of nitrogens with zero attached hydrogens (tertiary/aromatic N) is 3. The van der Waals surface area contributed by atoms with Crippen LogP contribution in [0.25, 0.3) is 22.4 Å². The highest BCUT2D eigenvalue weighted by molar-refractivity contribution is 5.82. The van der Waals surface area contributed by atoms with Crippen molar-refractivity contribution in [1.82, 2.24) is 4.57 Å². The highest BCUT2D eigenvalue weighted by Gasteiger charge is 2.37. The van der Waals surface area contributed by atoms with Crippen molar-refractivity contribution in [2.75, 3.05) is 18.0 Å². The molecule has 1 fully saturated rings. The van der Waals surface area contributed by atoms with Gasteiger partial charge in [-0.05, 0) is 87.8 Å². The van der Waals surface area contributed by atoms with E-state index in [1.165, 1.54) is 12.1 Å². The second-order valence-electron chi connectivity index (χ2n) is 10.9. The number of fused-ring (bicyclic) bond motifs is 1. The van der Waals surface area contributed by atoms with Gasteiger partial charge in [0.15, 0.2) is 17.1 Å². The topological polar surface area (TPSA) is 38.4 Å². The molecule has 194 valence electrons. The second kappa shape index (κ2) is 11.1. The first-order valence-electron chi connectivity index (χ1n) is 13.8. The lowest BCUT2D eigenvalue weighted by Gasteiger charge is -2.37. The number of aryl methyl sites for hydroxylation is 1. The number of hydrogen-bond acceptors (Lipinski definition) is 3. The lowest BCUT2D eigenvalue weighted by atomic mass is 9.75. The summed E-state index contributed by atoms with van der Waals surface area (Å²) in [7, 11) is 2.09. The van der Waals surface area contributed by atoms with Crippen LogP contribution in [0.4, 0.5) is 5.69 Å². The predicted molar refractivity (Wildman–Crippen MR) is 148 cm³/mol. The first kappa shape index (κ1) is 26.2. The molecule has 3 aromatic rings. The zero-order chi connectivity index (χ0) is 26.0. The summed E-state index contributed by atoms with van der Waals surface area (Å²) in [6.45, 7) is 15.1. The molecular formula is C31H44N3O2+. The Hall–Kier alpha value is -2.82. The van der Waals surface area contributed by atoms with Gasteiger partial charge in [0.05, 0.1) is 12.6 Å². The van der Waals surface area contributed by atoms with Crippen LogP contribution in [0.3, 0.4) is 0 Å². The van der Waals surface area contributed by atoms with Crippen molar-refractivity contribution in [2.24, 2.45) is 24.8 Å². The smallest absolute Gasteiger partial charge is 0.351 e. The molecular weight excluding hydrogens is 446 g/mol. The van der Waals surface area contributed by atoms with Crippen LogP contribution in [0.15, 0.2) is 48.5 Å². The number of hydrogen-bond donors (Lipinski definition) is 0. The van der Waals surface area contributed by atoms with E-state index < -0.39 is 6.04 Å². The number of carbonyl (C=O) groups is 1. The maximum absolute atomic E-state index is 13.7. The van der Waals surface area contributed by atoms with Crippen LogP contribution in [0.2, 0.25) is 0 Å². The average molecular weight is 491 g/mol. The summed E-state index contributed by atoms with van der Waals surface area (Å²) >= 11 is 0. The van der Waals surface area contributed by atoms with Crippen molar-refractivity contribution in [2.45, 2.75) is 73.0 Å². The van der Waals surface area contributed by atoms with Crippen LogP contribution in [0.5, 0.6) is 0 Å². The first-order chi connectivity index (χ1) is 17.3. The summed E-state index contributed by atoms with van der Waals surface area (Å²) < 4.78 is 10.7. The number of anilines is 1.